The minimum atomic E-state index is 0. The van der Waals surface area contributed by atoms with Crippen molar-refractivity contribution in [2.75, 3.05) is 62.7 Å². The molecule has 1 aromatic carbocycles. The Kier molecular flexibility index (Phi) is 10.4. The van der Waals surface area contributed by atoms with Crippen LogP contribution >= 0.6 is 12.4 Å². The minimum Gasteiger partial charge on any atom is -0.381 e. The predicted molar refractivity (Wildman–Crippen MR) is 154 cm³/mol. The van der Waals surface area contributed by atoms with Crippen LogP contribution in [0.1, 0.15) is 78.2 Å². The number of unbranched alkanes of at least 4 members (excludes halogenated alkanes) is 1. The van der Waals surface area contributed by atoms with Crippen molar-refractivity contribution >= 4 is 29.4 Å². The van der Waals surface area contributed by atoms with Gasteiger partial charge in [0.1, 0.15) is 0 Å². The lowest BCUT2D eigenvalue weighted by atomic mass is 9.72. The van der Waals surface area contributed by atoms with Gasteiger partial charge in [0.2, 0.25) is 0 Å². The average Bonchev–Trinajstić information content (AvgIpc) is 2.87. The summed E-state index contributed by atoms with van der Waals surface area (Å²) in [4.78, 5) is 7.89. The van der Waals surface area contributed by atoms with Gasteiger partial charge in [-0.3, -0.25) is 4.90 Å². The molecule has 2 saturated heterocycles. The molecule has 0 bridgehead atoms. The topological polar surface area (TPSA) is 19.0 Å². The van der Waals surface area contributed by atoms with Crippen LogP contribution in [0.4, 0.5) is 11.4 Å². The van der Waals surface area contributed by atoms with Crippen LogP contribution < -0.4 is 9.80 Å². The van der Waals surface area contributed by atoms with Gasteiger partial charge in [0.25, 0.3) is 0 Å². The number of hydrogen-bond donors (Lipinski definition) is 0. The highest BCUT2D eigenvalue weighted by Gasteiger charge is 2.29. The van der Waals surface area contributed by atoms with Crippen molar-refractivity contribution < 1.29 is 4.74 Å². The van der Waals surface area contributed by atoms with E-state index in [-0.39, 0.29) is 12.4 Å². The summed E-state index contributed by atoms with van der Waals surface area (Å²) in [5.74, 6) is 0.790. The van der Waals surface area contributed by atoms with E-state index >= 15 is 0 Å². The molecule has 1 unspecified atom stereocenters. The van der Waals surface area contributed by atoms with Crippen molar-refractivity contribution in [3.63, 3.8) is 0 Å². The first kappa shape index (κ1) is 28.3. The van der Waals surface area contributed by atoms with Gasteiger partial charge in [-0.25, -0.2) is 0 Å². The van der Waals surface area contributed by atoms with Crippen molar-refractivity contribution in [2.24, 2.45) is 11.3 Å². The second-order valence-electron chi connectivity index (χ2n) is 11.9. The smallest absolute Gasteiger partial charge is 0.0605 e. The van der Waals surface area contributed by atoms with Gasteiger partial charge < -0.3 is 14.5 Å². The summed E-state index contributed by atoms with van der Waals surface area (Å²) in [6.07, 6.45) is 11.6. The molecule has 0 N–H and O–H groups in total. The number of halogens is 1. The summed E-state index contributed by atoms with van der Waals surface area (Å²) in [6.45, 7) is 17.6. The molecule has 2 fully saturated rings. The SMILES string of the molecule is CCCCN1CCN(c2ccc(N3CCC(OC)CC3)cc2C2=CCC(C(C)(C)C)CC2)CC1.Cl. The van der Waals surface area contributed by atoms with Gasteiger partial charge in [0.15, 0.2) is 0 Å². The largest absolute Gasteiger partial charge is 0.381 e. The fourth-order valence-electron chi connectivity index (χ4n) is 6.06. The Morgan fingerprint density at radius 1 is 0.943 bits per heavy atom. The molecule has 0 aromatic heterocycles. The van der Waals surface area contributed by atoms with Crippen LogP contribution in [0.25, 0.3) is 5.57 Å². The molecule has 3 aliphatic rings. The highest BCUT2D eigenvalue weighted by Crippen LogP contribution is 2.42. The Hall–Kier alpha value is -1.23. The quantitative estimate of drug-likeness (QED) is 0.403. The lowest BCUT2D eigenvalue weighted by Crippen LogP contribution is -2.47. The van der Waals surface area contributed by atoms with Crippen LogP contribution in [0.3, 0.4) is 0 Å². The van der Waals surface area contributed by atoms with E-state index in [1.807, 2.05) is 7.11 Å². The summed E-state index contributed by atoms with van der Waals surface area (Å²) < 4.78 is 5.62. The maximum Gasteiger partial charge on any atom is 0.0605 e. The zero-order valence-corrected chi connectivity index (χ0v) is 23.8. The third kappa shape index (κ3) is 7.17. The monoisotopic (exact) mass is 503 g/mol. The number of benzene rings is 1. The lowest BCUT2D eigenvalue weighted by Gasteiger charge is -2.39. The molecule has 1 aliphatic carbocycles. The van der Waals surface area contributed by atoms with Gasteiger partial charge in [0, 0.05) is 63.3 Å². The van der Waals surface area contributed by atoms with E-state index in [9.17, 15) is 0 Å². The molecule has 4 nitrogen and oxygen atoms in total. The van der Waals surface area contributed by atoms with Gasteiger partial charge in [0.05, 0.1) is 6.10 Å². The summed E-state index contributed by atoms with van der Waals surface area (Å²) in [5, 5.41) is 0. The van der Waals surface area contributed by atoms with Crippen LogP contribution in [0.2, 0.25) is 0 Å². The van der Waals surface area contributed by atoms with Crippen LogP contribution in [-0.2, 0) is 4.74 Å². The van der Waals surface area contributed by atoms with E-state index in [2.05, 4.69) is 66.7 Å². The molecule has 0 saturated carbocycles. The fraction of sp³-hybridized carbons (Fsp3) is 0.733. The Labute approximate surface area is 221 Å². The van der Waals surface area contributed by atoms with Crippen molar-refractivity contribution in [2.45, 2.75) is 78.7 Å². The average molecular weight is 504 g/mol. The molecule has 0 spiro atoms. The number of rotatable bonds is 7. The summed E-state index contributed by atoms with van der Waals surface area (Å²) >= 11 is 0. The molecule has 5 heteroatoms. The zero-order chi connectivity index (χ0) is 24.1. The van der Waals surface area contributed by atoms with Crippen LogP contribution in [0.15, 0.2) is 24.3 Å². The lowest BCUT2D eigenvalue weighted by molar-refractivity contribution is 0.0819. The first-order valence-electron chi connectivity index (χ1n) is 14.0. The van der Waals surface area contributed by atoms with Crippen molar-refractivity contribution in [1.82, 2.24) is 4.90 Å². The van der Waals surface area contributed by atoms with E-state index in [0.717, 1.165) is 44.9 Å². The van der Waals surface area contributed by atoms with Gasteiger partial charge >= 0.3 is 0 Å². The van der Waals surface area contributed by atoms with E-state index in [4.69, 9.17) is 4.74 Å². The Bertz CT molecular complexity index is 817. The zero-order valence-electron chi connectivity index (χ0n) is 23.0. The number of piperidine rings is 1. The Morgan fingerprint density at radius 3 is 2.23 bits per heavy atom. The predicted octanol–water partition coefficient (Wildman–Crippen LogP) is 6.88. The second kappa shape index (κ2) is 12.8. The van der Waals surface area contributed by atoms with Crippen molar-refractivity contribution in [3.8, 4) is 0 Å². The molecule has 1 aromatic rings. The number of methoxy groups -OCH3 is 1. The molecule has 0 radical (unpaired) electrons. The third-order valence-electron chi connectivity index (χ3n) is 8.64. The highest BCUT2D eigenvalue weighted by molar-refractivity contribution is 5.85. The molecule has 2 heterocycles. The maximum atomic E-state index is 5.62. The highest BCUT2D eigenvalue weighted by atomic mass is 35.5. The molecule has 198 valence electrons. The van der Waals surface area contributed by atoms with E-state index in [1.165, 1.54) is 68.7 Å². The first-order valence-corrected chi connectivity index (χ1v) is 14.0. The Morgan fingerprint density at radius 2 is 1.66 bits per heavy atom. The van der Waals surface area contributed by atoms with Gasteiger partial charge in [-0.2, -0.15) is 0 Å². The van der Waals surface area contributed by atoms with Gasteiger partial charge in [-0.15, -0.1) is 12.4 Å². The van der Waals surface area contributed by atoms with Crippen molar-refractivity contribution in [3.05, 3.63) is 29.8 Å². The molecule has 4 rings (SSSR count). The summed E-state index contributed by atoms with van der Waals surface area (Å²) in [7, 11) is 1.86. The number of ether oxygens (including phenoxy) is 1. The van der Waals surface area contributed by atoms with Gasteiger partial charge in [-0.05, 0) is 80.2 Å². The molecular formula is C30H50ClN3O. The molecule has 35 heavy (non-hydrogen) atoms. The van der Waals surface area contributed by atoms with E-state index < -0.39 is 0 Å². The third-order valence-corrected chi connectivity index (χ3v) is 8.64. The summed E-state index contributed by atoms with van der Waals surface area (Å²) in [6, 6.07) is 7.34. The number of allylic oxidation sites excluding steroid dienone is 2. The van der Waals surface area contributed by atoms with Gasteiger partial charge in [-0.1, -0.05) is 40.2 Å². The Balaban J connectivity index is 0.00000342. The molecule has 0 amide bonds. The first-order chi connectivity index (χ1) is 16.4. The number of piperazine rings is 1. The van der Waals surface area contributed by atoms with Crippen molar-refractivity contribution in [1.29, 1.82) is 0 Å². The number of anilines is 2. The molecular weight excluding hydrogens is 454 g/mol. The fourth-order valence-corrected chi connectivity index (χ4v) is 6.06. The number of nitrogens with zero attached hydrogens (tertiary/aromatic N) is 3. The van der Waals surface area contributed by atoms with Crippen LogP contribution in [-0.4, -0.2) is 63.9 Å². The van der Waals surface area contributed by atoms with E-state index in [1.54, 1.807) is 5.57 Å². The normalized spacial score (nSPS) is 22.7. The van der Waals surface area contributed by atoms with Crippen LogP contribution in [0.5, 0.6) is 0 Å². The maximum absolute atomic E-state index is 5.62. The van der Waals surface area contributed by atoms with Crippen LogP contribution in [0, 0.1) is 11.3 Å². The number of hydrogen-bond acceptors (Lipinski definition) is 4. The molecule has 2 aliphatic heterocycles. The standard InChI is InChI=1S/C30H49N3O.ClH/c1-6-7-16-31-19-21-33(22-20-31)29-13-12-26(32-17-14-27(34-5)15-18-32)23-28(29)24-8-10-25(11-9-24)30(2,3)4;/h8,12-13,23,25,27H,6-7,9-11,14-22H2,1-5H3;1H. The molecule has 1 atom stereocenters. The minimum absolute atomic E-state index is 0. The van der Waals surface area contributed by atoms with E-state index in [0.29, 0.717) is 11.5 Å². The summed E-state index contributed by atoms with van der Waals surface area (Å²) in [5.41, 5.74) is 6.34. The second-order valence-corrected chi connectivity index (χ2v) is 11.9.